The Morgan fingerprint density at radius 2 is 0.600 bits per heavy atom. The fraction of sp³-hybridized carbons (Fsp3) is 0.818. The summed E-state index contributed by atoms with van der Waals surface area (Å²) >= 11 is 0. The van der Waals surface area contributed by atoms with Gasteiger partial charge in [-0.1, -0.05) is 0 Å². The molecule has 15 N–H and O–H groups in total. The van der Waals surface area contributed by atoms with Crippen LogP contribution in [0.15, 0.2) is 36.1 Å². The molecule has 0 aliphatic carbocycles. The second-order valence-corrected chi connectivity index (χ2v) is 14.7. The molecule has 12 bridgehead atoms. The molecule has 3 fully saturated rings. The maximum atomic E-state index is 11.1. The molecule has 22 rings (SSSR count). The zero-order valence-corrected chi connectivity index (χ0v) is 30.8. The van der Waals surface area contributed by atoms with Gasteiger partial charge in [0.25, 0.3) is 6.29 Å². The predicted octanol–water partition coefficient (Wildman–Crippen LogP) is -9.72. The van der Waals surface area contributed by atoms with Crippen LogP contribution in [-0.4, -0.2) is 244 Å². The minimum absolute atomic E-state index is 0.581. The van der Waals surface area contributed by atoms with Crippen LogP contribution in [-0.2, 0) is 56.8 Å². The second-order valence-electron chi connectivity index (χ2n) is 14.7. The van der Waals surface area contributed by atoms with E-state index in [1.165, 1.54) is 0 Å². The lowest BCUT2D eigenvalue weighted by molar-refractivity contribution is -0.369. The van der Waals surface area contributed by atoms with Gasteiger partial charge in [0.05, 0.1) is 19.8 Å². The highest BCUT2D eigenvalue weighted by Crippen LogP contribution is 2.36. The van der Waals surface area contributed by atoms with E-state index < -0.39 is 185 Å². The Labute approximate surface area is 337 Å². The van der Waals surface area contributed by atoms with E-state index in [1.54, 1.807) is 0 Å². The molecule has 0 radical (unpaired) electrons. The zero-order valence-electron chi connectivity index (χ0n) is 30.8. The smallest absolute Gasteiger partial charge is 0.268 e. The molecule has 0 aromatic carbocycles. The third kappa shape index (κ3) is 8.48. The largest absolute Gasteiger partial charge is 0.466 e. The summed E-state index contributed by atoms with van der Waals surface area (Å²) in [5.41, 5.74) is 0. The standard InChI is InChI=1S/C33H48O27/c34-1-7-25-16(40)22(46)31(52-7)56-11-5-49-28(19(43)14(11)38)55-10-4-50-29(20(44)13(10)37)59-26-8(2-35)54-33(24(48)18(26)42)60-27-9(3-36)53-32(23(47)17(27)41)57-12-6-51-30(58-25)21(45)15(12)39/h4-9,13-48H,1-3H2/t7?,8?,9?,13-,14-,15?,16+,17?,18?,19?,20?,21-,22?,23-,24-,25+,26+,27+,28+,29+,30+,31+,32+,33+/m0/s1. The Kier molecular flexibility index (Phi) is 13.9. The van der Waals surface area contributed by atoms with Crippen molar-refractivity contribution in [2.75, 3.05) is 19.8 Å². The maximum Gasteiger partial charge on any atom is 0.268 e. The van der Waals surface area contributed by atoms with E-state index in [9.17, 15) is 76.6 Å². The summed E-state index contributed by atoms with van der Waals surface area (Å²) < 4.78 is 65.9. The van der Waals surface area contributed by atoms with Gasteiger partial charge in [0.2, 0.25) is 25.2 Å². The molecule has 22 heterocycles. The summed E-state index contributed by atoms with van der Waals surface area (Å²) in [5.74, 6) is -1.79. The van der Waals surface area contributed by atoms with Crippen LogP contribution in [0.3, 0.4) is 0 Å². The molecule has 27 heteroatoms. The van der Waals surface area contributed by atoms with Crippen LogP contribution in [0, 0.1) is 0 Å². The normalized spacial score (nSPS) is 51.1. The van der Waals surface area contributed by atoms with Crippen molar-refractivity contribution in [1.82, 2.24) is 0 Å². The average molecular weight is 877 g/mol. The molecular formula is C33H48O27. The molecule has 0 amide bonds. The molecule has 22 aliphatic heterocycles. The van der Waals surface area contributed by atoms with Crippen LogP contribution in [0.25, 0.3) is 0 Å². The lowest BCUT2D eigenvalue weighted by Gasteiger charge is -2.47. The number of hydrogen-bond donors (Lipinski definition) is 15. The third-order valence-electron chi connectivity index (χ3n) is 10.7. The number of ether oxygens (including phenoxy) is 12. The van der Waals surface area contributed by atoms with Crippen molar-refractivity contribution in [1.29, 1.82) is 0 Å². The lowest BCUT2D eigenvalue weighted by atomic mass is 9.96. The van der Waals surface area contributed by atoms with Crippen LogP contribution < -0.4 is 0 Å². The van der Waals surface area contributed by atoms with Gasteiger partial charge in [0.1, 0.15) is 123 Å². The first-order chi connectivity index (χ1) is 28.6. The van der Waals surface area contributed by atoms with E-state index in [-0.39, 0.29) is 0 Å². The molecule has 22 aliphatic rings. The van der Waals surface area contributed by atoms with Gasteiger partial charge < -0.3 is 133 Å². The van der Waals surface area contributed by atoms with Crippen LogP contribution in [0.5, 0.6) is 0 Å². The Bertz CT molecular complexity index is 1540. The fourth-order valence-electron chi connectivity index (χ4n) is 7.26. The van der Waals surface area contributed by atoms with E-state index in [0.717, 1.165) is 12.5 Å². The first-order valence-electron chi connectivity index (χ1n) is 18.6. The summed E-state index contributed by atoms with van der Waals surface area (Å²) in [7, 11) is 0. The van der Waals surface area contributed by atoms with Crippen molar-refractivity contribution in [3.8, 4) is 0 Å². The molecule has 3 saturated heterocycles. The van der Waals surface area contributed by atoms with Crippen molar-refractivity contribution in [3.05, 3.63) is 36.1 Å². The van der Waals surface area contributed by atoms with Crippen molar-refractivity contribution in [2.24, 2.45) is 0 Å². The molecule has 0 spiro atoms. The summed E-state index contributed by atoms with van der Waals surface area (Å²) in [5, 5.41) is 161. The van der Waals surface area contributed by atoms with Crippen molar-refractivity contribution >= 4 is 0 Å². The first kappa shape index (κ1) is 45.2. The van der Waals surface area contributed by atoms with Gasteiger partial charge in [-0.3, -0.25) is 0 Å². The number of rotatable bonds is 3. The van der Waals surface area contributed by atoms with Crippen molar-refractivity contribution in [3.63, 3.8) is 0 Å². The molecular weight excluding hydrogens is 828 g/mol. The van der Waals surface area contributed by atoms with E-state index in [4.69, 9.17) is 56.8 Å². The summed E-state index contributed by atoms with van der Waals surface area (Å²) in [6, 6.07) is 0. The number of aliphatic hydroxyl groups is 15. The highest BCUT2D eigenvalue weighted by atomic mass is 16.8. The number of hydrogen-bond acceptors (Lipinski definition) is 27. The van der Waals surface area contributed by atoms with Gasteiger partial charge in [-0.15, -0.1) is 0 Å². The second kappa shape index (κ2) is 18.5. The fourth-order valence-corrected chi connectivity index (χ4v) is 7.26. The van der Waals surface area contributed by atoms with Gasteiger partial charge in [-0.25, -0.2) is 0 Å². The van der Waals surface area contributed by atoms with Crippen LogP contribution in [0.2, 0.25) is 0 Å². The van der Waals surface area contributed by atoms with E-state index >= 15 is 0 Å². The topological polar surface area (TPSA) is 414 Å². The van der Waals surface area contributed by atoms with Gasteiger partial charge in [-0.05, 0) is 0 Å². The lowest BCUT2D eigenvalue weighted by Crippen LogP contribution is -2.65. The van der Waals surface area contributed by atoms with E-state index in [1.807, 2.05) is 0 Å². The average Bonchev–Trinajstić information content (AvgIpc) is 3.23. The molecule has 0 aromatic heterocycles. The summed E-state index contributed by atoms with van der Waals surface area (Å²) in [4.78, 5) is 0. The molecule has 342 valence electrons. The van der Waals surface area contributed by atoms with Gasteiger partial charge in [-0.2, -0.15) is 0 Å². The highest BCUT2D eigenvalue weighted by Gasteiger charge is 2.55. The van der Waals surface area contributed by atoms with Crippen molar-refractivity contribution in [2.45, 2.75) is 148 Å². The maximum absolute atomic E-state index is 11.1. The van der Waals surface area contributed by atoms with Gasteiger partial charge in [0.15, 0.2) is 29.7 Å². The Morgan fingerprint density at radius 3 is 0.967 bits per heavy atom. The minimum atomic E-state index is -2.07. The summed E-state index contributed by atoms with van der Waals surface area (Å²) in [6.45, 7) is -2.79. The Balaban J connectivity index is 1.17. The quantitative estimate of drug-likeness (QED) is 0.125. The van der Waals surface area contributed by atoms with Crippen molar-refractivity contribution < 1.29 is 133 Å². The van der Waals surface area contributed by atoms with E-state index in [2.05, 4.69) is 0 Å². The van der Waals surface area contributed by atoms with Gasteiger partial charge in [0, 0.05) is 0 Å². The number of aliphatic hydroxyl groups excluding tert-OH is 15. The molecule has 60 heavy (non-hydrogen) atoms. The molecule has 27 nitrogen and oxygen atoms in total. The predicted molar refractivity (Wildman–Crippen MR) is 176 cm³/mol. The van der Waals surface area contributed by atoms with Gasteiger partial charge >= 0.3 is 0 Å². The monoisotopic (exact) mass is 876 g/mol. The molecule has 0 aromatic rings. The van der Waals surface area contributed by atoms with Crippen LogP contribution >= 0.6 is 0 Å². The minimum Gasteiger partial charge on any atom is -0.466 e. The zero-order chi connectivity index (χ0) is 43.3. The Hall–Kier alpha value is -2.82. The summed E-state index contributed by atoms with van der Waals surface area (Å²) in [6.07, 6.45) is -43.3. The SMILES string of the molecule is OCC1O[C@@H]2O[C@@H]3C(CO)O[C@H](OC4=CO[C@H](O[C@@H]5C(CO)O[C@H](OC6=CO[C@H](OC7=CO[C@H](O[C@H]1C(O)[C@@H]2O)C(O)[C@H]7O)C(O)[C@H]6O)C(O)[C@H]5O)[C@@H](O)C4O)[C@@H](O)C3O. The third-order valence-corrected chi connectivity index (χ3v) is 10.7. The van der Waals surface area contributed by atoms with Crippen LogP contribution in [0.4, 0.5) is 0 Å². The first-order valence-corrected chi connectivity index (χ1v) is 18.6. The highest BCUT2D eigenvalue weighted by molar-refractivity contribution is 5.10. The molecule has 24 atom stereocenters. The Morgan fingerprint density at radius 1 is 0.317 bits per heavy atom. The molecule has 9 unspecified atom stereocenters. The molecule has 0 saturated carbocycles. The van der Waals surface area contributed by atoms with Crippen LogP contribution in [0.1, 0.15) is 0 Å². The van der Waals surface area contributed by atoms with E-state index in [0.29, 0.717) is 6.26 Å².